The van der Waals surface area contributed by atoms with Crippen LogP contribution >= 0.6 is 0 Å². The third-order valence-electron chi connectivity index (χ3n) is 8.37. The first-order valence-electron chi connectivity index (χ1n) is 16.7. The zero-order valence-electron chi connectivity index (χ0n) is 28.7. The molecule has 246 valence electrons. The van der Waals surface area contributed by atoms with E-state index in [2.05, 4.69) is 52.0 Å². The number of benzene rings is 3. The van der Waals surface area contributed by atoms with E-state index in [-0.39, 0.29) is 11.7 Å². The molecule has 48 heavy (non-hydrogen) atoms. The Kier molecular flexibility index (Phi) is 11.4. The molecular formula is C41H46N4O3+2. The molecule has 2 aromatic heterocycles. The van der Waals surface area contributed by atoms with Gasteiger partial charge in [-0.3, -0.25) is 9.59 Å². The van der Waals surface area contributed by atoms with E-state index in [1.807, 2.05) is 105 Å². The zero-order valence-corrected chi connectivity index (χ0v) is 28.7. The fourth-order valence-corrected chi connectivity index (χ4v) is 5.75. The van der Waals surface area contributed by atoms with E-state index in [4.69, 9.17) is 4.74 Å². The van der Waals surface area contributed by atoms with Gasteiger partial charge < -0.3 is 15.0 Å². The summed E-state index contributed by atoms with van der Waals surface area (Å²) in [5.74, 6) is 0.637. The van der Waals surface area contributed by atoms with E-state index in [0.717, 1.165) is 63.3 Å². The second-order valence-electron chi connectivity index (χ2n) is 12.4. The average Bonchev–Trinajstić information content (AvgIpc) is 3.08. The molecule has 7 nitrogen and oxygen atoms in total. The van der Waals surface area contributed by atoms with Crippen LogP contribution in [0.15, 0.2) is 103 Å². The molecule has 0 atom stereocenters. The largest absolute Gasteiger partial charge is 0.493 e. The van der Waals surface area contributed by atoms with Crippen LogP contribution in [0.4, 0.5) is 11.4 Å². The van der Waals surface area contributed by atoms with Crippen molar-refractivity contribution in [1.82, 2.24) is 0 Å². The number of nitrogens with one attached hydrogen (secondary N) is 1. The zero-order chi connectivity index (χ0) is 34.0. The van der Waals surface area contributed by atoms with Crippen molar-refractivity contribution in [2.24, 2.45) is 7.05 Å². The Hall–Kier alpha value is -5.30. The molecule has 0 spiro atoms. The Labute approximate surface area is 284 Å². The Balaban J connectivity index is 1.59. The van der Waals surface area contributed by atoms with Gasteiger partial charge in [0.25, 0.3) is 5.91 Å². The number of hydrogen-bond acceptors (Lipinski definition) is 4. The number of nitrogens with zero attached hydrogens (tertiary/aromatic N) is 3. The highest BCUT2D eigenvalue weighted by molar-refractivity contribution is 6.29. The molecule has 0 aliphatic heterocycles. The molecule has 7 heteroatoms. The van der Waals surface area contributed by atoms with Gasteiger partial charge in [-0.2, -0.15) is 4.57 Å². The van der Waals surface area contributed by atoms with Gasteiger partial charge in [0, 0.05) is 84.8 Å². The van der Waals surface area contributed by atoms with Gasteiger partial charge >= 0.3 is 0 Å². The summed E-state index contributed by atoms with van der Waals surface area (Å²) >= 11 is 0. The predicted octanol–water partition coefficient (Wildman–Crippen LogP) is 7.41. The number of ether oxygens (including phenoxy) is 1. The number of rotatable bonds is 14. The summed E-state index contributed by atoms with van der Waals surface area (Å²) in [6, 6.07) is 29.9. The van der Waals surface area contributed by atoms with Gasteiger partial charge in [0.05, 0.1) is 6.61 Å². The molecule has 5 aromatic rings. The van der Waals surface area contributed by atoms with Crippen molar-refractivity contribution in [3.63, 3.8) is 0 Å². The molecule has 2 heterocycles. The van der Waals surface area contributed by atoms with Gasteiger partial charge in [-0.25, -0.2) is 4.57 Å². The smallest absolute Gasteiger partial charge is 0.256 e. The second-order valence-corrected chi connectivity index (χ2v) is 12.4. The number of carbonyl (C=O) groups excluding carboxylic acids is 2. The highest BCUT2D eigenvalue weighted by Crippen LogP contribution is 2.31. The molecule has 0 bridgehead atoms. The van der Waals surface area contributed by atoms with Gasteiger partial charge in [0.15, 0.2) is 18.2 Å². The van der Waals surface area contributed by atoms with Crippen LogP contribution in [0.1, 0.15) is 50.7 Å². The molecule has 0 aliphatic carbocycles. The van der Waals surface area contributed by atoms with Gasteiger partial charge in [-0.05, 0) is 60.5 Å². The number of ketones is 1. The number of anilines is 2. The summed E-state index contributed by atoms with van der Waals surface area (Å²) in [5.41, 5.74) is 6.83. The molecule has 0 aliphatic rings. The lowest BCUT2D eigenvalue weighted by Gasteiger charge is -2.17. The maximum atomic E-state index is 14.1. The number of unbranched alkanes of at least 4 members (excludes halogenated alkanes) is 3. The highest BCUT2D eigenvalue weighted by Gasteiger charge is 2.21. The van der Waals surface area contributed by atoms with Gasteiger partial charge in [-0.1, -0.05) is 44.4 Å². The molecule has 0 unspecified atom stereocenters. The summed E-state index contributed by atoms with van der Waals surface area (Å²) in [6.45, 7) is 4.74. The number of carbonyl (C=O) groups is 2. The Morgan fingerprint density at radius 2 is 1.69 bits per heavy atom. The van der Waals surface area contributed by atoms with Crippen molar-refractivity contribution < 1.29 is 23.5 Å². The molecule has 3 aromatic carbocycles. The number of fused-ring (bicyclic) bond motifs is 1. The lowest BCUT2D eigenvalue weighted by Crippen LogP contribution is -2.37. The third-order valence-corrected chi connectivity index (χ3v) is 8.37. The number of amides is 1. The normalized spacial score (nSPS) is 11.4. The maximum absolute atomic E-state index is 14.1. The van der Waals surface area contributed by atoms with Crippen LogP contribution in [0.25, 0.3) is 33.8 Å². The molecule has 0 radical (unpaired) electrons. The van der Waals surface area contributed by atoms with Crippen molar-refractivity contribution in [3.05, 3.63) is 115 Å². The van der Waals surface area contributed by atoms with E-state index in [1.54, 1.807) is 6.92 Å². The first kappa shape index (κ1) is 34.0. The Morgan fingerprint density at radius 1 is 0.875 bits per heavy atom. The Morgan fingerprint density at radius 3 is 2.44 bits per heavy atom. The van der Waals surface area contributed by atoms with E-state index < -0.39 is 0 Å². The van der Waals surface area contributed by atoms with Gasteiger partial charge in [-0.15, -0.1) is 0 Å². The predicted molar refractivity (Wildman–Crippen MR) is 195 cm³/mol. The van der Waals surface area contributed by atoms with E-state index >= 15 is 0 Å². The van der Waals surface area contributed by atoms with Crippen LogP contribution in [-0.4, -0.2) is 32.4 Å². The van der Waals surface area contributed by atoms with Crippen molar-refractivity contribution in [2.75, 3.05) is 30.9 Å². The van der Waals surface area contributed by atoms with E-state index in [9.17, 15) is 9.59 Å². The number of para-hydroxylation sites is 1. The van der Waals surface area contributed by atoms with Crippen LogP contribution < -0.4 is 24.1 Å². The first-order valence-corrected chi connectivity index (χ1v) is 16.7. The molecule has 5 rings (SSSR count). The standard InChI is InChI=1S/C41H45N4O3/c1-6-7-8-12-24-48-40-28-36(43(3)4)19-17-34(40)26-37(41(47)42-35-15-10-9-11-16-35)31-21-23-44(5)39(27-31)33-18-20-38-32(25-33)14-13-22-45(38)29-30(2)46/h9-11,13-23,25-28H,6-8,12,24,29H2,1-5H3/q+1/p+1. The van der Waals surface area contributed by atoms with Crippen molar-refractivity contribution >= 4 is 45.6 Å². The average molecular weight is 643 g/mol. The van der Waals surface area contributed by atoms with E-state index in [0.29, 0.717) is 18.7 Å². The quantitative estimate of drug-likeness (QED) is 0.0779. The summed E-state index contributed by atoms with van der Waals surface area (Å²) in [5, 5.41) is 4.13. The Bertz CT molecular complexity index is 1930. The van der Waals surface area contributed by atoms with Crippen LogP contribution in [0, 0.1) is 0 Å². The molecular weight excluding hydrogens is 596 g/mol. The van der Waals surface area contributed by atoms with Crippen LogP contribution in [0.3, 0.4) is 0 Å². The van der Waals surface area contributed by atoms with Crippen LogP contribution in [0.2, 0.25) is 0 Å². The summed E-state index contributed by atoms with van der Waals surface area (Å²) in [6.07, 6.45) is 10.3. The monoisotopic (exact) mass is 642 g/mol. The molecule has 1 N–H and O–H groups in total. The van der Waals surface area contributed by atoms with E-state index in [1.165, 1.54) is 12.8 Å². The highest BCUT2D eigenvalue weighted by atomic mass is 16.5. The lowest BCUT2D eigenvalue weighted by atomic mass is 9.98. The number of hydrogen-bond donors (Lipinski definition) is 1. The lowest BCUT2D eigenvalue weighted by molar-refractivity contribution is -0.660. The minimum absolute atomic E-state index is 0.102. The molecule has 0 saturated heterocycles. The molecule has 0 fully saturated rings. The van der Waals surface area contributed by atoms with Crippen molar-refractivity contribution in [3.8, 4) is 17.0 Å². The minimum atomic E-state index is -0.213. The summed E-state index contributed by atoms with van der Waals surface area (Å²) in [7, 11) is 6.02. The fraction of sp³-hybridized carbons (Fsp3) is 0.268. The molecule has 0 saturated carbocycles. The SMILES string of the molecule is CCCCCCOc1cc(N(C)C)ccc1/C=C(\C(=O)Nc1ccccc1)c1cc[n+](C)c(-c2ccc3c(ccc[n+]3CC(C)=O)c2)c1. The number of Topliss-reactive ketones (excluding diaryl/α,β-unsaturated/α-hetero) is 1. The fourth-order valence-electron chi connectivity index (χ4n) is 5.75. The topological polar surface area (TPSA) is 66.4 Å². The minimum Gasteiger partial charge on any atom is -0.493 e. The van der Waals surface area contributed by atoms with Crippen LogP contribution in [0.5, 0.6) is 5.75 Å². The number of aryl methyl sites for hydroxylation is 1. The van der Waals surface area contributed by atoms with Crippen molar-refractivity contribution in [1.29, 1.82) is 0 Å². The van der Waals surface area contributed by atoms with Crippen LogP contribution in [-0.2, 0) is 23.2 Å². The second kappa shape index (κ2) is 16.0. The summed E-state index contributed by atoms with van der Waals surface area (Å²) < 4.78 is 10.4. The summed E-state index contributed by atoms with van der Waals surface area (Å²) in [4.78, 5) is 28.0. The van der Waals surface area contributed by atoms with Crippen molar-refractivity contribution in [2.45, 2.75) is 46.1 Å². The molecule has 1 amide bonds. The third kappa shape index (κ3) is 8.53. The number of pyridine rings is 2. The van der Waals surface area contributed by atoms with Gasteiger partial charge in [0.1, 0.15) is 12.8 Å². The first-order chi connectivity index (χ1) is 23.2. The van der Waals surface area contributed by atoms with Gasteiger partial charge in [0.2, 0.25) is 17.8 Å². The number of aromatic nitrogens is 2. The maximum Gasteiger partial charge on any atom is 0.256 e.